The molecule has 1 aliphatic rings. The van der Waals surface area contributed by atoms with Crippen molar-refractivity contribution in [2.24, 2.45) is 4.99 Å². The fourth-order valence-electron chi connectivity index (χ4n) is 2.49. The van der Waals surface area contributed by atoms with E-state index in [0.717, 1.165) is 15.8 Å². The van der Waals surface area contributed by atoms with Gasteiger partial charge in [-0.2, -0.15) is 5.26 Å². The monoisotopic (exact) mass is 401 g/mol. The number of benzene rings is 2. The number of amides is 1. The van der Waals surface area contributed by atoms with Crippen molar-refractivity contribution in [1.82, 2.24) is 0 Å². The van der Waals surface area contributed by atoms with E-state index in [0.29, 0.717) is 17.3 Å². The minimum atomic E-state index is -0.0605. The summed E-state index contributed by atoms with van der Waals surface area (Å²) in [6.07, 6.45) is 0.270. The van der Waals surface area contributed by atoms with E-state index in [-0.39, 0.29) is 18.1 Å². The van der Waals surface area contributed by atoms with Gasteiger partial charge in [0.05, 0.1) is 23.9 Å². The fourth-order valence-corrected chi connectivity index (χ4v) is 4.61. The molecular formula is C19H16ClN3OS2. The number of anilines is 1. The zero-order valence-electron chi connectivity index (χ0n) is 13.9. The molecular weight excluding hydrogens is 386 g/mol. The molecule has 0 atom stereocenters. The summed E-state index contributed by atoms with van der Waals surface area (Å²) in [5.74, 6) is 1.07. The molecule has 1 heterocycles. The third-order valence-corrected chi connectivity index (χ3v) is 6.21. The van der Waals surface area contributed by atoms with Crippen LogP contribution in [0.15, 0.2) is 53.5 Å². The highest BCUT2D eigenvalue weighted by molar-refractivity contribution is 8.38. The molecule has 0 radical (unpaired) electrons. The Balaban J connectivity index is 1.69. The molecule has 1 aliphatic heterocycles. The van der Waals surface area contributed by atoms with Crippen molar-refractivity contribution in [3.8, 4) is 6.07 Å². The van der Waals surface area contributed by atoms with Crippen molar-refractivity contribution in [3.05, 3.63) is 59.1 Å². The van der Waals surface area contributed by atoms with E-state index in [1.165, 1.54) is 17.3 Å². The minimum Gasteiger partial charge on any atom is -0.311 e. The van der Waals surface area contributed by atoms with E-state index < -0.39 is 0 Å². The van der Waals surface area contributed by atoms with Crippen molar-refractivity contribution < 1.29 is 4.79 Å². The van der Waals surface area contributed by atoms with Crippen LogP contribution in [0.5, 0.6) is 0 Å². The average Bonchev–Trinajstić information content (AvgIpc) is 2.66. The first-order chi connectivity index (χ1) is 12.7. The number of hydrogen-bond donors (Lipinski definition) is 0. The Hall–Kier alpha value is -1.94. The van der Waals surface area contributed by atoms with Gasteiger partial charge in [0, 0.05) is 23.0 Å². The number of para-hydroxylation sites is 1. The van der Waals surface area contributed by atoms with Gasteiger partial charge in [-0.15, -0.1) is 0 Å². The largest absolute Gasteiger partial charge is 0.311 e. The molecule has 0 aliphatic carbocycles. The summed E-state index contributed by atoms with van der Waals surface area (Å²) in [7, 11) is 0. The molecule has 0 bridgehead atoms. The van der Waals surface area contributed by atoms with E-state index in [2.05, 4.69) is 17.1 Å². The van der Waals surface area contributed by atoms with Crippen LogP contribution in [0, 0.1) is 11.3 Å². The number of fused-ring (bicyclic) bond motifs is 1. The molecule has 1 amide bonds. The van der Waals surface area contributed by atoms with Gasteiger partial charge in [0.25, 0.3) is 0 Å². The minimum absolute atomic E-state index is 0.0605. The second kappa shape index (κ2) is 9.13. The quantitative estimate of drug-likeness (QED) is 0.686. The predicted molar refractivity (Wildman–Crippen MR) is 111 cm³/mol. The number of rotatable bonds is 5. The van der Waals surface area contributed by atoms with Crippen LogP contribution in [0.3, 0.4) is 0 Å². The Morgan fingerprint density at radius 2 is 2.15 bits per heavy atom. The number of carbonyl (C=O) groups excluding carboxylic acids is 1. The van der Waals surface area contributed by atoms with Gasteiger partial charge in [-0.25, -0.2) is 4.99 Å². The van der Waals surface area contributed by atoms with Crippen LogP contribution in [-0.4, -0.2) is 22.6 Å². The maximum absolute atomic E-state index is 12.7. The Labute approximate surface area is 166 Å². The molecule has 0 saturated carbocycles. The Morgan fingerprint density at radius 3 is 2.96 bits per heavy atom. The number of carbonyl (C=O) groups is 1. The number of nitriles is 1. The topological polar surface area (TPSA) is 56.5 Å². The van der Waals surface area contributed by atoms with Crippen molar-refractivity contribution in [2.75, 3.05) is 17.2 Å². The molecule has 0 spiro atoms. The summed E-state index contributed by atoms with van der Waals surface area (Å²) in [6, 6.07) is 17.3. The third-order valence-electron chi connectivity index (χ3n) is 3.74. The highest BCUT2D eigenvalue weighted by Gasteiger charge is 2.19. The van der Waals surface area contributed by atoms with Crippen molar-refractivity contribution in [3.63, 3.8) is 0 Å². The SMILES string of the molecule is N#CCCN(C(=O)CSC1=Nc2ccccc2CS1)c1cccc(Cl)c1. The Bertz CT molecular complexity index is 879. The van der Waals surface area contributed by atoms with Crippen LogP contribution in [0.2, 0.25) is 5.02 Å². The van der Waals surface area contributed by atoms with Gasteiger partial charge in [-0.3, -0.25) is 4.79 Å². The molecule has 3 rings (SSSR count). The van der Waals surface area contributed by atoms with Gasteiger partial charge < -0.3 is 4.90 Å². The normalized spacial score (nSPS) is 12.7. The van der Waals surface area contributed by atoms with Gasteiger partial charge in [0.1, 0.15) is 4.38 Å². The molecule has 132 valence electrons. The second-order valence-electron chi connectivity index (χ2n) is 5.52. The fraction of sp³-hybridized carbons (Fsp3) is 0.211. The van der Waals surface area contributed by atoms with E-state index >= 15 is 0 Å². The molecule has 0 fully saturated rings. The summed E-state index contributed by atoms with van der Waals surface area (Å²) in [6.45, 7) is 0.346. The summed E-state index contributed by atoms with van der Waals surface area (Å²) < 4.78 is 0.892. The smallest absolute Gasteiger partial charge is 0.237 e. The average molecular weight is 402 g/mol. The maximum Gasteiger partial charge on any atom is 0.237 e. The van der Waals surface area contributed by atoms with Gasteiger partial charge in [-0.1, -0.05) is 59.4 Å². The zero-order valence-corrected chi connectivity index (χ0v) is 16.3. The highest BCUT2D eigenvalue weighted by atomic mass is 35.5. The van der Waals surface area contributed by atoms with E-state index in [1.54, 1.807) is 34.9 Å². The van der Waals surface area contributed by atoms with Crippen LogP contribution in [0.25, 0.3) is 0 Å². The third kappa shape index (κ3) is 4.82. The van der Waals surface area contributed by atoms with Gasteiger partial charge in [-0.05, 0) is 29.8 Å². The maximum atomic E-state index is 12.7. The van der Waals surface area contributed by atoms with Crippen molar-refractivity contribution >= 4 is 56.8 Å². The molecule has 4 nitrogen and oxygen atoms in total. The molecule has 0 aromatic heterocycles. The molecule has 2 aromatic rings. The molecule has 26 heavy (non-hydrogen) atoms. The van der Waals surface area contributed by atoms with Gasteiger partial charge in [0.15, 0.2) is 0 Å². The lowest BCUT2D eigenvalue weighted by Gasteiger charge is -2.22. The van der Waals surface area contributed by atoms with E-state index in [4.69, 9.17) is 16.9 Å². The van der Waals surface area contributed by atoms with Crippen molar-refractivity contribution in [2.45, 2.75) is 12.2 Å². The van der Waals surface area contributed by atoms with E-state index in [1.807, 2.05) is 24.3 Å². The predicted octanol–water partition coefficient (Wildman–Crippen LogP) is 5.25. The standard InChI is InChI=1S/C19H16ClN3OS2/c20-15-6-3-7-16(11-15)23(10-4-9-21)18(24)13-26-19-22-17-8-2-1-5-14(17)12-25-19/h1-3,5-8,11H,4,10,12-13H2. The van der Waals surface area contributed by atoms with Crippen LogP contribution in [0.1, 0.15) is 12.0 Å². The Morgan fingerprint density at radius 1 is 1.31 bits per heavy atom. The van der Waals surface area contributed by atoms with Crippen LogP contribution in [0.4, 0.5) is 11.4 Å². The lowest BCUT2D eigenvalue weighted by atomic mass is 10.2. The lowest BCUT2D eigenvalue weighted by molar-refractivity contribution is -0.116. The summed E-state index contributed by atoms with van der Waals surface area (Å²) in [5.41, 5.74) is 2.89. The summed E-state index contributed by atoms with van der Waals surface area (Å²) >= 11 is 9.12. The van der Waals surface area contributed by atoms with E-state index in [9.17, 15) is 4.79 Å². The summed E-state index contributed by atoms with van der Waals surface area (Å²) in [5, 5.41) is 9.45. The van der Waals surface area contributed by atoms with Crippen LogP contribution >= 0.6 is 35.1 Å². The molecule has 7 heteroatoms. The molecule has 0 saturated heterocycles. The van der Waals surface area contributed by atoms with Crippen molar-refractivity contribution in [1.29, 1.82) is 5.26 Å². The van der Waals surface area contributed by atoms with Gasteiger partial charge in [0.2, 0.25) is 5.91 Å². The number of hydrogen-bond acceptors (Lipinski definition) is 5. The molecule has 0 unspecified atom stereocenters. The first kappa shape index (κ1) is 18.8. The lowest BCUT2D eigenvalue weighted by Crippen LogP contribution is -2.33. The van der Waals surface area contributed by atoms with Crippen LogP contribution in [-0.2, 0) is 10.5 Å². The second-order valence-corrected chi connectivity index (χ2v) is 8.14. The van der Waals surface area contributed by atoms with Crippen LogP contribution < -0.4 is 4.90 Å². The Kier molecular flexibility index (Phi) is 6.62. The number of halogens is 1. The summed E-state index contributed by atoms with van der Waals surface area (Å²) in [4.78, 5) is 19.0. The number of aliphatic imine (C=N–C) groups is 1. The first-order valence-electron chi connectivity index (χ1n) is 8.02. The van der Waals surface area contributed by atoms with Gasteiger partial charge >= 0.3 is 0 Å². The zero-order chi connectivity index (χ0) is 18.4. The first-order valence-corrected chi connectivity index (χ1v) is 10.4. The number of nitrogens with zero attached hydrogens (tertiary/aromatic N) is 3. The molecule has 2 aromatic carbocycles. The highest BCUT2D eigenvalue weighted by Crippen LogP contribution is 2.34. The molecule has 0 N–H and O–H groups in total. The number of thioether (sulfide) groups is 2.